The molecule has 1 aromatic heterocycles. The highest BCUT2D eigenvalue weighted by atomic mass is 16.3. The van der Waals surface area contributed by atoms with Crippen molar-refractivity contribution in [2.75, 3.05) is 0 Å². The summed E-state index contributed by atoms with van der Waals surface area (Å²) < 4.78 is 1.62. The molecular formula is C9H15N3O2. The van der Waals surface area contributed by atoms with Crippen LogP contribution in [-0.4, -0.2) is 26.6 Å². The highest BCUT2D eigenvalue weighted by Crippen LogP contribution is 1.96. The van der Waals surface area contributed by atoms with Crippen LogP contribution in [0.4, 0.5) is 0 Å². The van der Waals surface area contributed by atoms with Gasteiger partial charge in [0.2, 0.25) is 5.91 Å². The Morgan fingerprint density at radius 3 is 3.00 bits per heavy atom. The molecule has 0 radical (unpaired) electrons. The molecule has 0 saturated carbocycles. The Morgan fingerprint density at radius 2 is 2.43 bits per heavy atom. The lowest BCUT2D eigenvalue weighted by molar-refractivity contribution is -0.122. The second kappa shape index (κ2) is 4.76. The number of hydrogen-bond acceptors (Lipinski definition) is 3. The molecule has 0 spiro atoms. The Kier molecular flexibility index (Phi) is 3.64. The minimum atomic E-state index is -0.151. The fourth-order valence-corrected chi connectivity index (χ4v) is 1.16. The smallest absolute Gasteiger partial charge is 0.240 e. The van der Waals surface area contributed by atoms with Crippen molar-refractivity contribution in [1.82, 2.24) is 14.9 Å². The van der Waals surface area contributed by atoms with Gasteiger partial charge in [-0.25, -0.2) is 4.98 Å². The van der Waals surface area contributed by atoms with Gasteiger partial charge in [0.05, 0.1) is 0 Å². The largest absolute Gasteiger partial charge is 0.388 e. The van der Waals surface area contributed by atoms with Gasteiger partial charge in [0.15, 0.2) is 0 Å². The van der Waals surface area contributed by atoms with E-state index in [-0.39, 0.29) is 25.1 Å². The van der Waals surface area contributed by atoms with Gasteiger partial charge >= 0.3 is 0 Å². The van der Waals surface area contributed by atoms with Crippen molar-refractivity contribution in [3.8, 4) is 0 Å². The number of rotatable bonds is 4. The highest BCUT2D eigenvalue weighted by Gasteiger charge is 2.07. The number of aromatic nitrogens is 2. The maximum atomic E-state index is 11.3. The van der Waals surface area contributed by atoms with Crippen molar-refractivity contribution >= 4 is 5.91 Å². The summed E-state index contributed by atoms with van der Waals surface area (Å²) in [6.45, 7) is 3.85. The molecular weight excluding hydrogens is 182 g/mol. The molecule has 1 aromatic rings. The molecule has 2 N–H and O–H groups in total. The van der Waals surface area contributed by atoms with E-state index >= 15 is 0 Å². The SMILES string of the molecule is CC(C)NC(=O)Cn1ccnc1CO. The third kappa shape index (κ3) is 2.85. The second-order valence-electron chi connectivity index (χ2n) is 3.35. The monoisotopic (exact) mass is 197 g/mol. The van der Waals surface area contributed by atoms with Gasteiger partial charge < -0.3 is 15.0 Å². The predicted molar refractivity (Wildman–Crippen MR) is 51.4 cm³/mol. The number of aliphatic hydroxyl groups excluding tert-OH is 1. The van der Waals surface area contributed by atoms with Crippen molar-refractivity contribution < 1.29 is 9.90 Å². The molecule has 5 heteroatoms. The summed E-state index contributed by atoms with van der Waals surface area (Å²) in [7, 11) is 0. The van der Waals surface area contributed by atoms with E-state index in [0.29, 0.717) is 5.82 Å². The highest BCUT2D eigenvalue weighted by molar-refractivity contribution is 5.76. The molecule has 0 aromatic carbocycles. The van der Waals surface area contributed by atoms with Crippen LogP contribution in [0, 0.1) is 0 Å². The van der Waals surface area contributed by atoms with Crippen molar-refractivity contribution in [2.24, 2.45) is 0 Å². The van der Waals surface area contributed by atoms with E-state index in [9.17, 15) is 4.79 Å². The molecule has 1 rings (SSSR count). The Morgan fingerprint density at radius 1 is 1.71 bits per heavy atom. The first-order valence-electron chi connectivity index (χ1n) is 4.53. The van der Waals surface area contributed by atoms with Gasteiger partial charge in [0.1, 0.15) is 19.0 Å². The van der Waals surface area contributed by atoms with Gasteiger partial charge in [-0.05, 0) is 13.8 Å². The normalized spacial score (nSPS) is 10.6. The summed E-state index contributed by atoms with van der Waals surface area (Å²) in [5.41, 5.74) is 0. The maximum absolute atomic E-state index is 11.3. The fraction of sp³-hybridized carbons (Fsp3) is 0.556. The van der Waals surface area contributed by atoms with Gasteiger partial charge in [-0.15, -0.1) is 0 Å². The first kappa shape index (κ1) is 10.7. The summed E-state index contributed by atoms with van der Waals surface area (Å²) in [4.78, 5) is 15.2. The predicted octanol–water partition coefficient (Wildman–Crippen LogP) is -0.100. The average molecular weight is 197 g/mol. The van der Waals surface area contributed by atoms with E-state index in [1.54, 1.807) is 17.0 Å². The third-order valence-corrected chi connectivity index (χ3v) is 1.71. The summed E-state index contributed by atoms with van der Waals surface area (Å²) in [5, 5.41) is 11.7. The van der Waals surface area contributed by atoms with Crippen LogP contribution in [0.1, 0.15) is 19.7 Å². The van der Waals surface area contributed by atoms with Crippen LogP contribution in [0.25, 0.3) is 0 Å². The average Bonchev–Trinajstić information content (AvgIpc) is 2.50. The van der Waals surface area contributed by atoms with Crippen molar-refractivity contribution in [3.05, 3.63) is 18.2 Å². The lowest BCUT2D eigenvalue weighted by Gasteiger charge is -2.09. The first-order chi connectivity index (χ1) is 6.63. The van der Waals surface area contributed by atoms with Gasteiger partial charge in [0.25, 0.3) is 0 Å². The van der Waals surface area contributed by atoms with E-state index in [4.69, 9.17) is 5.11 Å². The Hall–Kier alpha value is -1.36. The number of carbonyl (C=O) groups is 1. The van der Waals surface area contributed by atoms with Crippen LogP contribution < -0.4 is 5.32 Å². The van der Waals surface area contributed by atoms with Gasteiger partial charge in [0, 0.05) is 18.4 Å². The molecule has 0 fully saturated rings. The Labute approximate surface area is 82.8 Å². The lowest BCUT2D eigenvalue weighted by atomic mass is 10.4. The van der Waals surface area contributed by atoms with E-state index in [1.165, 1.54) is 0 Å². The molecule has 14 heavy (non-hydrogen) atoms. The quantitative estimate of drug-likeness (QED) is 0.708. The number of carbonyl (C=O) groups excluding carboxylic acids is 1. The maximum Gasteiger partial charge on any atom is 0.240 e. The molecule has 0 bridgehead atoms. The van der Waals surface area contributed by atoms with Crippen LogP contribution in [0.3, 0.4) is 0 Å². The number of hydrogen-bond donors (Lipinski definition) is 2. The van der Waals surface area contributed by atoms with E-state index in [1.807, 2.05) is 13.8 Å². The number of nitrogens with zero attached hydrogens (tertiary/aromatic N) is 2. The topological polar surface area (TPSA) is 67.2 Å². The first-order valence-corrected chi connectivity index (χ1v) is 4.53. The summed E-state index contributed by atoms with van der Waals surface area (Å²) >= 11 is 0. The molecule has 0 saturated heterocycles. The number of aliphatic hydroxyl groups is 1. The van der Waals surface area contributed by atoms with Gasteiger partial charge in [-0.1, -0.05) is 0 Å². The zero-order valence-corrected chi connectivity index (χ0v) is 8.40. The zero-order chi connectivity index (χ0) is 10.6. The molecule has 0 aliphatic heterocycles. The molecule has 1 amide bonds. The second-order valence-corrected chi connectivity index (χ2v) is 3.35. The third-order valence-electron chi connectivity index (χ3n) is 1.71. The molecule has 0 aliphatic rings. The molecule has 78 valence electrons. The van der Waals surface area contributed by atoms with Crippen LogP contribution in [0.15, 0.2) is 12.4 Å². The Balaban J connectivity index is 2.55. The van der Waals surface area contributed by atoms with E-state index in [2.05, 4.69) is 10.3 Å². The number of imidazole rings is 1. The van der Waals surface area contributed by atoms with Gasteiger partial charge in [-0.3, -0.25) is 4.79 Å². The minimum Gasteiger partial charge on any atom is -0.388 e. The van der Waals surface area contributed by atoms with E-state index < -0.39 is 0 Å². The molecule has 5 nitrogen and oxygen atoms in total. The van der Waals surface area contributed by atoms with Crippen molar-refractivity contribution in [3.63, 3.8) is 0 Å². The van der Waals surface area contributed by atoms with Crippen LogP contribution >= 0.6 is 0 Å². The summed E-state index contributed by atoms with van der Waals surface area (Å²) in [5.74, 6) is 0.427. The van der Waals surface area contributed by atoms with Crippen LogP contribution in [0.2, 0.25) is 0 Å². The molecule has 0 unspecified atom stereocenters. The fourth-order valence-electron chi connectivity index (χ4n) is 1.16. The van der Waals surface area contributed by atoms with Crippen molar-refractivity contribution in [1.29, 1.82) is 0 Å². The summed E-state index contributed by atoms with van der Waals surface area (Å²) in [6, 6.07) is 0.128. The number of amides is 1. The molecule has 0 aliphatic carbocycles. The Bertz CT molecular complexity index is 307. The lowest BCUT2D eigenvalue weighted by Crippen LogP contribution is -2.33. The minimum absolute atomic E-state index is 0.0762. The summed E-state index contributed by atoms with van der Waals surface area (Å²) in [6.07, 6.45) is 3.24. The van der Waals surface area contributed by atoms with E-state index in [0.717, 1.165) is 0 Å². The number of nitrogens with one attached hydrogen (secondary N) is 1. The van der Waals surface area contributed by atoms with Crippen LogP contribution in [0.5, 0.6) is 0 Å². The molecule has 0 atom stereocenters. The zero-order valence-electron chi connectivity index (χ0n) is 8.40. The standard InChI is InChI=1S/C9H15N3O2/c1-7(2)11-9(14)5-12-4-3-10-8(12)6-13/h3-4,7,13H,5-6H2,1-2H3,(H,11,14). The van der Waals surface area contributed by atoms with Crippen LogP contribution in [-0.2, 0) is 17.9 Å². The van der Waals surface area contributed by atoms with Crippen molar-refractivity contribution in [2.45, 2.75) is 33.0 Å². The van der Waals surface area contributed by atoms with Gasteiger partial charge in [-0.2, -0.15) is 0 Å². The molecule has 1 heterocycles.